The summed E-state index contributed by atoms with van der Waals surface area (Å²) >= 11 is 6.32. The minimum Gasteiger partial charge on any atom is -0.481 e. The van der Waals surface area contributed by atoms with Crippen LogP contribution in [0.1, 0.15) is 152 Å². The highest BCUT2D eigenvalue weighted by Crippen LogP contribution is 2.87. The molecule has 0 saturated heterocycles. The lowest BCUT2D eigenvalue weighted by atomic mass is 9.33. The third kappa shape index (κ3) is 8.18. The molecule has 1 spiro atoms. The van der Waals surface area contributed by atoms with Crippen molar-refractivity contribution in [3.8, 4) is 0 Å². The summed E-state index contributed by atoms with van der Waals surface area (Å²) < 4.78 is 13.0. The van der Waals surface area contributed by atoms with E-state index in [2.05, 4.69) is 51.3 Å². The van der Waals surface area contributed by atoms with Crippen LogP contribution in [0.2, 0.25) is 5.02 Å². The maximum atomic E-state index is 14.8. The molecular formula is C54H79ClN2O9. The fraction of sp³-hybridized carbons (Fsp3) is 0.759. The van der Waals surface area contributed by atoms with E-state index in [1.54, 1.807) is 27.7 Å². The van der Waals surface area contributed by atoms with Gasteiger partial charge in [-0.2, -0.15) is 0 Å². The molecule has 0 bridgehead atoms. The summed E-state index contributed by atoms with van der Waals surface area (Å²) in [5.74, 6) is -2.44. The van der Waals surface area contributed by atoms with Crippen LogP contribution >= 0.6 is 11.6 Å². The van der Waals surface area contributed by atoms with Gasteiger partial charge in [0, 0.05) is 48.5 Å². The first kappa shape index (κ1) is 50.6. The molecule has 7 rings (SSSR count). The SMILES string of the molecule is CC(C)C1=C2[C@H]3CC[C@@H]4[C@@]5(C)CC[C@H](OC(=O)CC(C)(C)C(=O)O)C6(C)C[C@]65CC[C@@]4(C)[C@]3(C)CCC2(C(CN(CCN(C)C)Cc2ccc(Cl)cc2)OC(=O)CC(C)(C)C(=O)O)CC1=O. The number of Topliss-reactive ketones (excluding diaryl/α,β-unsaturated/α-hetero) is 1. The van der Waals surface area contributed by atoms with Crippen LogP contribution in [0.25, 0.3) is 0 Å². The number of esters is 2. The maximum absolute atomic E-state index is 14.8. The van der Waals surface area contributed by atoms with E-state index in [1.165, 1.54) is 5.57 Å². The van der Waals surface area contributed by atoms with Crippen molar-refractivity contribution in [1.82, 2.24) is 9.80 Å². The van der Waals surface area contributed by atoms with Crippen LogP contribution < -0.4 is 0 Å². The van der Waals surface area contributed by atoms with Gasteiger partial charge in [0.15, 0.2) is 5.78 Å². The van der Waals surface area contributed by atoms with E-state index in [1.807, 2.05) is 38.4 Å². The molecule has 5 fully saturated rings. The second-order valence-corrected chi connectivity index (χ2v) is 25.2. The molecule has 1 aromatic carbocycles. The number of ether oxygens (including phenoxy) is 2. The first-order valence-corrected chi connectivity index (χ1v) is 25.2. The number of carboxylic acid groups (broad SMARTS) is 2. The largest absolute Gasteiger partial charge is 0.481 e. The average Bonchev–Trinajstić information content (AvgIpc) is 3.74. The third-order valence-electron chi connectivity index (χ3n) is 19.5. The number of carbonyl (C=O) groups is 5. The predicted molar refractivity (Wildman–Crippen MR) is 254 cm³/mol. The quantitative estimate of drug-likeness (QED) is 0.144. The highest BCUT2D eigenvalue weighted by molar-refractivity contribution is 6.30. The Kier molecular flexibility index (Phi) is 13.3. The van der Waals surface area contributed by atoms with E-state index in [9.17, 15) is 34.2 Å². The highest BCUT2D eigenvalue weighted by atomic mass is 35.5. The molecule has 5 saturated carbocycles. The number of rotatable bonds is 17. The first-order valence-electron chi connectivity index (χ1n) is 24.8. The van der Waals surface area contributed by atoms with Crippen LogP contribution in [0.5, 0.6) is 0 Å². The van der Waals surface area contributed by atoms with E-state index in [0.717, 1.165) is 69.0 Å². The maximum Gasteiger partial charge on any atom is 0.309 e. The molecule has 3 unspecified atom stereocenters. The van der Waals surface area contributed by atoms with Crippen molar-refractivity contribution in [2.45, 2.75) is 165 Å². The number of aliphatic carboxylic acids is 2. The summed E-state index contributed by atoms with van der Waals surface area (Å²) in [6, 6.07) is 7.82. The van der Waals surface area contributed by atoms with Gasteiger partial charge in [-0.1, -0.05) is 65.3 Å². The van der Waals surface area contributed by atoms with E-state index in [-0.39, 0.29) is 70.1 Å². The molecule has 0 amide bonds. The Balaban J connectivity index is 1.24. The molecule has 6 aliphatic carbocycles. The molecule has 2 N–H and O–H groups in total. The number of fused-ring (bicyclic) bond motifs is 6. The molecule has 0 heterocycles. The molecule has 0 radical (unpaired) electrons. The second kappa shape index (κ2) is 17.3. The van der Waals surface area contributed by atoms with E-state index in [4.69, 9.17) is 21.1 Å². The van der Waals surface area contributed by atoms with Gasteiger partial charge in [-0.3, -0.25) is 28.9 Å². The van der Waals surface area contributed by atoms with Gasteiger partial charge < -0.3 is 24.6 Å². The molecule has 12 heteroatoms. The number of nitrogens with zero attached hydrogens (tertiary/aromatic N) is 2. The zero-order chi connectivity index (χ0) is 48.8. The molecule has 11 nitrogen and oxygen atoms in total. The summed E-state index contributed by atoms with van der Waals surface area (Å²) in [4.78, 5) is 71.0. The van der Waals surface area contributed by atoms with Gasteiger partial charge in [-0.25, -0.2) is 0 Å². The first-order chi connectivity index (χ1) is 30.5. The van der Waals surface area contributed by atoms with Gasteiger partial charge in [0.25, 0.3) is 0 Å². The highest BCUT2D eigenvalue weighted by Gasteiger charge is 2.82. The summed E-state index contributed by atoms with van der Waals surface area (Å²) in [5, 5.41) is 20.5. The van der Waals surface area contributed by atoms with Gasteiger partial charge >= 0.3 is 23.9 Å². The smallest absolute Gasteiger partial charge is 0.309 e. The Labute approximate surface area is 399 Å². The Morgan fingerprint density at radius 1 is 0.788 bits per heavy atom. The van der Waals surface area contributed by atoms with Crippen LogP contribution in [-0.4, -0.2) is 95.6 Å². The predicted octanol–water partition coefficient (Wildman–Crippen LogP) is 10.3. The third-order valence-corrected chi connectivity index (χ3v) is 19.8. The lowest BCUT2D eigenvalue weighted by molar-refractivity contribution is -0.222. The fourth-order valence-corrected chi connectivity index (χ4v) is 15.4. The molecule has 0 aromatic heterocycles. The normalized spacial score (nSPS) is 35.4. The molecule has 0 aliphatic heterocycles. The fourth-order valence-electron chi connectivity index (χ4n) is 15.3. The summed E-state index contributed by atoms with van der Waals surface area (Å²) in [6.07, 6.45) is 7.12. The van der Waals surface area contributed by atoms with Gasteiger partial charge in [0.05, 0.1) is 23.7 Å². The number of benzene rings is 1. The van der Waals surface area contributed by atoms with E-state index in [0.29, 0.717) is 37.0 Å². The van der Waals surface area contributed by atoms with Crippen LogP contribution in [-0.2, 0) is 40.0 Å². The molecule has 366 valence electrons. The monoisotopic (exact) mass is 935 g/mol. The van der Waals surface area contributed by atoms with Crippen molar-refractivity contribution in [1.29, 1.82) is 0 Å². The number of likely N-dealkylation sites (N-methyl/N-ethyl adjacent to an activating group) is 1. The Bertz CT molecular complexity index is 2150. The number of halogens is 1. The number of carbonyl (C=O) groups excluding carboxylic acids is 3. The lowest BCUT2D eigenvalue weighted by Crippen LogP contribution is -2.65. The summed E-state index contributed by atoms with van der Waals surface area (Å²) in [6.45, 7) is 22.8. The van der Waals surface area contributed by atoms with Crippen molar-refractivity contribution < 1.29 is 43.7 Å². The standard InChI is InChI=1S/C54H79ClN2O9/c1-33(2)43-37(58)27-53(40(66-42(60)29-48(5,6)46(63)64)31-57(26-25-56(11)12)30-34-13-15-35(55)16-14-34)23-21-49(7)36(44(43)53)17-18-38-50(49,8)22-24-54-32-52(54,10)39(19-20-51(38,54)9)65-41(59)28-47(3,4)45(61)62/h13-16,33,36,38-40H,17-32H2,1-12H3,(H,61,62)(H,63,64)/t36-,38+,39+,40?,49-,50-,51-,52?,53?,54+/m1/s1. The van der Waals surface area contributed by atoms with Crippen molar-refractivity contribution in [3.05, 3.63) is 46.0 Å². The Hall–Kier alpha value is -3.28. The molecule has 6 aliphatic rings. The van der Waals surface area contributed by atoms with Gasteiger partial charge in [0.1, 0.15) is 12.2 Å². The average molecular weight is 936 g/mol. The van der Waals surface area contributed by atoms with Crippen LogP contribution in [0.15, 0.2) is 35.4 Å². The number of hydrogen-bond donors (Lipinski definition) is 2. The molecule has 66 heavy (non-hydrogen) atoms. The van der Waals surface area contributed by atoms with E-state index >= 15 is 0 Å². The minimum atomic E-state index is -1.33. The summed E-state index contributed by atoms with van der Waals surface area (Å²) in [7, 11) is 4.08. The van der Waals surface area contributed by atoms with Crippen molar-refractivity contribution in [3.63, 3.8) is 0 Å². The minimum absolute atomic E-state index is 0.00484. The molecular weight excluding hydrogens is 856 g/mol. The number of ketones is 1. The second-order valence-electron chi connectivity index (χ2n) is 24.7. The van der Waals surface area contributed by atoms with Gasteiger partial charge in [-0.15, -0.1) is 0 Å². The van der Waals surface area contributed by atoms with Crippen LogP contribution in [0, 0.1) is 61.1 Å². The van der Waals surface area contributed by atoms with Crippen LogP contribution in [0.4, 0.5) is 0 Å². The number of carboxylic acids is 2. The zero-order valence-corrected chi connectivity index (χ0v) is 42.8. The van der Waals surface area contributed by atoms with E-state index < -0.39 is 46.2 Å². The lowest BCUT2D eigenvalue weighted by Gasteiger charge is -2.71. The molecule has 10 atom stereocenters. The van der Waals surface area contributed by atoms with Crippen molar-refractivity contribution >= 4 is 41.3 Å². The molecule has 1 aromatic rings. The Morgan fingerprint density at radius 3 is 1.98 bits per heavy atom. The number of hydrogen-bond acceptors (Lipinski definition) is 9. The van der Waals surface area contributed by atoms with Crippen molar-refractivity contribution in [2.24, 2.45) is 61.1 Å². The number of allylic oxidation sites excluding steroid dienone is 1. The van der Waals surface area contributed by atoms with Gasteiger partial charge in [-0.05, 0) is 168 Å². The van der Waals surface area contributed by atoms with Crippen molar-refractivity contribution in [2.75, 3.05) is 33.7 Å². The van der Waals surface area contributed by atoms with Crippen LogP contribution in [0.3, 0.4) is 0 Å². The summed E-state index contributed by atoms with van der Waals surface area (Å²) in [5.41, 5.74) is -0.467. The zero-order valence-electron chi connectivity index (χ0n) is 42.0. The Morgan fingerprint density at radius 2 is 1.39 bits per heavy atom. The topological polar surface area (TPSA) is 151 Å². The van der Waals surface area contributed by atoms with Gasteiger partial charge in [0.2, 0.25) is 0 Å².